The molecule has 3 rings (SSSR count). The first-order valence-corrected chi connectivity index (χ1v) is 9.80. The van der Waals surface area contributed by atoms with E-state index in [0.717, 1.165) is 11.3 Å². The number of benzene rings is 1. The summed E-state index contributed by atoms with van der Waals surface area (Å²) in [6, 6.07) is 9.41. The summed E-state index contributed by atoms with van der Waals surface area (Å²) in [5, 5.41) is 19.3. The Balaban J connectivity index is 1.72. The van der Waals surface area contributed by atoms with E-state index in [2.05, 4.69) is 73.8 Å². The molecule has 0 spiro atoms. The minimum atomic E-state index is -0.259. The molecule has 2 heterocycles. The molecule has 1 aromatic carbocycles. The number of hydrogen-bond acceptors (Lipinski definition) is 8. The Kier molecular flexibility index (Phi) is 6.49. The summed E-state index contributed by atoms with van der Waals surface area (Å²) in [5.41, 5.74) is 2.59. The molecule has 0 aliphatic rings. The number of hydrogen-bond donors (Lipinski definition) is 5. The van der Waals surface area contributed by atoms with Crippen LogP contribution in [0.1, 0.15) is 32.0 Å². The van der Waals surface area contributed by atoms with Crippen molar-refractivity contribution >= 4 is 35.3 Å². The first-order valence-electron chi connectivity index (χ1n) is 9.80. The number of anilines is 5. The van der Waals surface area contributed by atoms with Crippen LogP contribution < -0.4 is 21.3 Å². The second-order valence-electron chi connectivity index (χ2n) is 7.85. The number of aromatic nitrogens is 5. The monoisotopic (exact) mass is 421 g/mol. The van der Waals surface area contributed by atoms with Gasteiger partial charge in [0, 0.05) is 36.5 Å². The SMILES string of the molecule is C=CC(=O)Nc1cccc(CNc2nc(NC)nc(Nc3cc(C(C)(C)C)[nH]n3)n2)c1. The molecule has 0 bridgehead atoms. The van der Waals surface area contributed by atoms with E-state index in [1.165, 1.54) is 6.08 Å². The molecule has 0 aliphatic heterocycles. The van der Waals surface area contributed by atoms with E-state index in [0.29, 0.717) is 35.9 Å². The van der Waals surface area contributed by atoms with Crippen LogP contribution in [0.3, 0.4) is 0 Å². The van der Waals surface area contributed by atoms with Crippen molar-refractivity contribution in [3.63, 3.8) is 0 Å². The molecule has 10 nitrogen and oxygen atoms in total. The zero-order valence-corrected chi connectivity index (χ0v) is 18.1. The van der Waals surface area contributed by atoms with Crippen molar-refractivity contribution in [3.05, 3.63) is 54.2 Å². The minimum Gasteiger partial charge on any atom is -0.357 e. The maximum atomic E-state index is 11.5. The van der Waals surface area contributed by atoms with E-state index in [1.54, 1.807) is 7.05 Å². The van der Waals surface area contributed by atoms with Crippen LogP contribution >= 0.6 is 0 Å². The average Bonchev–Trinajstić information content (AvgIpc) is 3.21. The molecule has 3 aromatic rings. The predicted octanol–water partition coefficient (Wildman–Crippen LogP) is 3.41. The lowest BCUT2D eigenvalue weighted by Gasteiger charge is -2.14. The number of rotatable bonds is 8. The summed E-state index contributed by atoms with van der Waals surface area (Å²) in [7, 11) is 1.74. The third-order valence-corrected chi connectivity index (χ3v) is 4.32. The number of aromatic amines is 1. The van der Waals surface area contributed by atoms with Crippen LogP contribution in [0.4, 0.5) is 29.4 Å². The quantitative estimate of drug-likeness (QED) is 0.350. The fourth-order valence-corrected chi connectivity index (χ4v) is 2.64. The van der Waals surface area contributed by atoms with E-state index < -0.39 is 0 Å². The topological polar surface area (TPSA) is 133 Å². The number of carbonyl (C=O) groups excluding carboxylic acids is 1. The van der Waals surface area contributed by atoms with Gasteiger partial charge in [0.25, 0.3) is 0 Å². The van der Waals surface area contributed by atoms with Crippen LogP contribution in [0.2, 0.25) is 0 Å². The highest BCUT2D eigenvalue weighted by atomic mass is 16.1. The van der Waals surface area contributed by atoms with Gasteiger partial charge in [0.2, 0.25) is 23.8 Å². The second-order valence-corrected chi connectivity index (χ2v) is 7.85. The summed E-state index contributed by atoms with van der Waals surface area (Å²) in [5.74, 6) is 1.54. The molecule has 162 valence electrons. The fourth-order valence-electron chi connectivity index (χ4n) is 2.64. The van der Waals surface area contributed by atoms with Gasteiger partial charge < -0.3 is 21.3 Å². The number of nitrogens with one attached hydrogen (secondary N) is 5. The smallest absolute Gasteiger partial charge is 0.247 e. The van der Waals surface area contributed by atoms with E-state index in [9.17, 15) is 4.79 Å². The molecule has 0 saturated carbocycles. The molecule has 0 saturated heterocycles. The number of nitrogens with zero attached hydrogens (tertiary/aromatic N) is 4. The van der Waals surface area contributed by atoms with Gasteiger partial charge in [-0.05, 0) is 23.8 Å². The van der Waals surface area contributed by atoms with Gasteiger partial charge in [-0.2, -0.15) is 20.1 Å². The molecule has 0 fully saturated rings. The maximum Gasteiger partial charge on any atom is 0.247 e. The lowest BCUT2D eigenvalue weighted by molar-refractivity contribution is -0.111. The van der Waals surface area contributed by atoms with Crippen LogP contribution in [0, 0.1) is 0 Å². The summed E-state index contributed by atoms with van der Waals surface area (Å²) in [6.07, 6.45) is 1.23. The largest absolute Gasteiger partial charge is 0.357 e. The van der Waals surface area contributed by atoms with E-state index in [1.807, 2.05) is 30.3 Å². The molecule has 10 heteroatoms. The van der Waals surface area contributed by atoms with E-state index in [-0.39, 0.29) is 11.3 Å². The number of amides is 1. The highest BCUT2D eigenvalue weighted by molar-refractivity contribution is 5.98. The number of H-pyrrole nitrogens is 1. The highest BCUT2D eigenvalue weighted by Gasteiger charge is 2.17. The van der Waals surface area contributed by atoms with Crippen LogP contribution in [0.5, 0.6) is 0 Å². The Morgan fingerprint density at radius 3 is 2.55 bits per heavy atom. The molecular formula is C21H27N9O. The van der Waals surface area contributed by atoms with Crippen LogP contribution in [0.15, 0.2) is 43.0 Å². The van der Waals surface area contributed by atoms with E-state index >= 15 is 0 Å². The Bertz CT molecular complexity index is 1070. The van der Waals surface area contributed by atoms with Gasteiger partial charge >= 0.3 is 0 Å². The summed E-state index contributed by atoms with van der Waals surface area (Å²) >= 11 is 0. The van der Waals surface area contributed by atoms with Gasteiger partial charge in [-0.1, -0.05) is 39.5 Å². The predicted molar refractivity (Wildman–Crippen MR) is 123 cm³/mol. The summed E-state index contributed by atoms with van der Waals surface area (Å²) in [6.45, 7) is 10.2. The summed E-state index contributed by atoms with van der Waals surface area (Å²) in [4.78, 5) is 24.6. The lowest BCUT2D eigenvalue weighted by Crippen LogP contribution is -2.11. The molecule has 0 radical (unpaired) electrons. The Hall–Kier alpha value is -3.95. The van der Waals surface area contributed by atoms with Crippen LogP contribution in [0.25, 0.3) is 0 Å². The van der Waals surface area contributed by atoms with Crippen molar-refractivity contribution in [1.82, 2.24) is 25.1 Å². The van der Waals surface area contributed by atoms with Crippen molar-refractivity contribution in [3.8, 4) is 0 Å². The Morgan fingerprint density at radius 1 is 1.13 bits per heavy atom. The average molecular weight is 422 g/mol. The highest BCUT2D eigenvalue weighted by Crippen LogP contribution is 2.23. The zero-order chi connectivity index (χ0) is 22.4. The van der Waals surface area contributed by atoms with Gasteiger partial charge in [-0.15, -0.1) is 0 Å². The minimum absolute atomic E-state index is 0.0471. The van der Waals surface area contributed by atoms with Crippen LogP contribution in [-0.2, 0) is 16.8 Å². The fraction of sp³-hybridized carbons (Fsp3) is 0.286. The zero-order valence-electron chi connectivity index (χ0n) is 18.1. The Labute approximate surface area is 181 Å². The van der Waals surface area contributed by atoms with Gasteiger partial charge in [-0.3, -0.25) is 9.89 Å². The molecule has 0 unspecified atom stereocenters. The van der Waals surface area contributed by atoms with E-state index in [4.69, 9.17) is 0 Å². The molecule has 0 atom stereocenters. The maximum absolute atomic E-state index is 11.5. The normalized spacial score (nSPS) is 11.0. The molecule has 0 aliphatic carbocycles. The third-order valence-electron chi connectivity index (χ3n) is 4.32. The van der Waals surface area contributed by atoms with Crippen molar-refractivity contribution in [2.75, 3.05) is 28.3 Å². The van der Waals surface area contributed by atoms with Gasteiger partial charge in [0.15, 0.2) is 5.82 Å². The second kappa shape index (κ2) is 9.24. The molecule has 31 heavy (non-hydrogen) atoms. The molecule has 2 aromatic heterocycles. The van der Waals surface area contributed by atoms with Crippen molar-refractivity contribution in [1.29, 1.82) is 0 Å². The van der Waals surface area contributed by atoms with Crippen molar-refractivity contribution in [2.45, 2.75) is 32.7 Å². The van der Waals surface area contributed by atoms with Gasteiger partial charge in [0.05, 0.1) is 0 Å². The van der Waals surface area contributed by atoms with Gasteiger partial charge in [-0.25, -0.2) is 0 Å². The lowest BCUT2D eigenvalue weighted by atomic mass is 9.92. The molecule has 1 amide bonds. The summed E-state index contributed by atoms with van der Waals surface area (Å²) < 4.78 is 0. The molecule has 5 N–H and O–H groups in total. The third kappa shape index (κ3) is 6.01. The van der Waals surface area contributed by atoms with Crippen molar-refractivity contribution in [2.24, 2.45) is 0 Å². The molecular weight excluding hydrogens is 394 g/mol. The first-order chi connectivity index (χ1) is 14.8. The van der Waals surface area contributed by atoms with Crippen LogP contribution in [-0.4, -0.2) is 38.1 Å². The van der Waals surface area contributed by atoms with Gasteiger partial charge in [0.1, 0.15) is 0 Å². The number of carbonyl (C=O) groups is 1. The first kappa shape index (κ1) is 21.8. The Morgan fingerprint density at radius 2 is 1.87 bits per heavy atom. The standard InChI is InChI=1S/C21H27N9O/c1-6-17(31)24-14-9-7-8-13(10-14)12-23-19-26-18(22-5)27-20(28-19)25-16-11-15(29-30-16)21(2,3)4/h6-11H,1,12H2,2-5H3,(H,24,31)(H4,22,23,25,26,27,28,29,30). The van der Waals surface area contributed by atoms with Crippen molar-refractivity contribution < 1.29 is 4.79 Å².